The van der Waals surface area contributed by atoms with E-state index < -0.39 is 15.9 Å². The molecule has 8 heteroatoms. The minimum absolute atomic E-state index is 0.359. The van der Waals surface area contributed by atoms with Crippen LogP contribution in [0.5, 0.6) is 11.5 Å². The van der Waals surface area contributed by atoms with Gasteiger partial charge in [-0.05, 0) is 48.9 Å². The number of sulfonamides is 1. The van der Waals surface area contributed by atoms with E-state index in [0.29, 0.717) is 22.9 Å². The van der Waals surface area contributed by atoms with Crippen LogP contribution >= 0.6 is 0 Å². The number of amides is 1. The van der Waals surface area contributed by atoms with Crippen molar-refractivity contribution >= 4 is 27.3 Å². The highest BCUT2D eigenvalue weighted by Crippen LogP contribution is 2.26. The highest BCUT2D eigenvalue weighted by Gasteiger charge is 2.21. The van der Waals surface area contributed by atoms with E-state index in [1.165, 1.54) is 14.2 Å². The number of carbonyl (C=O) groups is 1. The van der Waals surface area contributed by atoms with Crippen LogP contribution in [0, 0.1) is 6.92 Å². The van der Waals surface area contributed by atoms with E-state index in [4.69, 9.17) is 9.47 Å². The molecule has 1 amide bonds. The number of rotatable bonds is 7. The smallest absolute Gasteiger partial charge is 0.245 e. The van der Waals surface area contributed by atoms with Gasteiger partial charge in [-0.15, -0.1) is 0 Å². The molecule has 0 saturated carbocycles. The standard InChI is InChI=1S/C18H22N2O5S/c1-13-5-10-17(25-3)16(11-13)19-18(21)12-20(26(4,22)23)14-6-8-15(24-2)9-7-14/h5-11H,12H2,1-4H3,(H,19,21). The summed E-state index contributed by atoms with van der Waals surface area (Å²) in [5.41, 5.74) is 1.80. The lowest BCUT2D eigenvalue weighted by Crippen LogP contribution is -2.37. The molecule has 1 N–H and O–H groups in total. The van der Waals surface area contributed by atoms with Gasteiger partial charge in [0, 0.05) is 0 Å². The van der Waals surface area contributed by atoms with E-state index in [-0.39, 0.29) is 6.54 Å². The second-order valence-corrected chi connectivity index (χ2v) is 7.63. The van der Waals surface area contributed by atoms with Crippen molar-refractivity contribution in [3.8, 4) is 11.5 Å². The number of anilines is 2. The maximum Gasteiger partial charge on any atom is 0.245 e. The Hall–Kier alpha value is -2.74. The van der Waals surface area contributed by atoms with Gasteiger partial charge in [0.25, 0.3) is 0 Å². The molecule has 0 aromatic heterocycles. The predicted molar refractivity (Wildman–Crippen MR) is 102 cm³/mol. The van der Waals surface area contributed by atoms with Crippen LogP contribution in [-0.2, 0) is 14.8 Å². The average molecular weight is 378 g/mol. The van der Waals surface area contributed by atoms with E-state index in [9.17, 15) is 13.2 Å². The first-order chi connectivity index (χ1) is 12.2. The Morgan fingerprint density at radius 2 is 1.73 bits per heavy atom. The van der Waals surface area contributed by atoms with Gasteiger partial charge in [0.15, 0.2) is 0 Å². The second kappa shape index (κ2) is 8.09. The van der Waals surface area contributed by atoms with Gasteiger partial charge in [-0.2, -0.15) is 0 Å². The van der Waals surface area contributed by atoms with Crippen LogP contribution in [0.25, 0.3) is 0 Å². The fourth-order valence-corrected chi connectivity index (χ4v) is 3.24. The number of carbonyl (C=O) groups excluding carboxylic acids is 1. The van der Waals surface area contributed by atoms with Crippen molar-refractivity contribution in [1.82, 2.24) is 0 Å². The first-order valence-corrected chi connectivity index (χ1v) is 9.65. The molecule has 0 unspecified atom stereocenters. The Bertz CT molecular complexity index is 879. The Labute approximate surface area is 153 Å². The van der Waals surface area contributed by atoms with Crippen molar-refractivity contribution < 1.29 is 22.7 Å². The molecule has 0 aliphatic heterocycles. The summed E-state index contributed by atoms with van der Waals surface area (Å²) in [5, 5.41) is 2.70. The molecule has 0 aliphatic rings. The summed E-state index contributed by atoms with van der Waals surface area (Å²) in [6, 6.07) is 11.8. The number of nitrogens with zero attached hydrogens (tertiary/aromatic N) is 1. The van der Waals surface area contributed by atoms with Crippen molar-refractivity contribution in [2.24, 2.45) is 0 Å². The van der Waals surface area contributed by atoms with E-state index in [1.54, 1.807) is 36.4 Å². The highest BCUT2D eigenvalue weighted by molar-refractivity contribution is 7.92. The molecule has 0 spiro atoms. The average Bonchev–Trinajstić information content (AvgIpc) is 2.59. The maximum atomic E-state index is 12.4. The molecule has 140 valence electrons. The number of ether oxygens (including phenoxy) is 2. The monoisotopic (exact) mass is 378 g/mol. The molecule has 0 radical (unpaired) electrons. The molecule has 7 nitrogen and oxygen atoms in total. The molecule has 2 aromatic rings. The van der Waals surface area contributed by atoms with Crippen LogP contribution in [0.2, 0.25) is 0 Å². The third-order valence-corrected chi connectivity index (χ3v) is 4.82. The van der Waals surface area contributed by atoms with Gasteiger partial charge in [0.1, 0.15) is 18.0 Å². The molecule has 0 saturated heterocycles. The topological polar surface area (TPSA) is 84.9 Å². The summed E-state index contributed by atoms with van der Waals surface area (Å²) >= 11 is 0. The Kier molecular flexibility index (Phi) is 6.10. The molecule has 2 aromatic carbocycles. The number of hydrogen-bond acceptors (Lipinski definition) is 5. The zero-order valence-corrected chi connectivity index (χ0v) is 16.0. The van der Waals surface area contributed by atoms with E-state index in [0.717, 1.165) is 16.1 Å². The van der Waals surface area contributed by atoms with Gasteiger partial charge >= 0.3 is 0 Å². The molecule has 0 fully saturated rings. The lowest BCUT2D eigenvalue weighted by molar-refractivity contribution is -0.114. The Morgan fingerprint density at radius 1 is 1.08 bits per heavy atom. The molecule has 0 heterocycles. The summed E-state index contributed by atoms with van der Waals surface area (Å²) in [5.74, 6) is 0.616. The maximum absolute atomic E-state index is 12.4. The summed E-state index contributed by atoms with van der Waals surface area (Å²) in [7, 11) is -0.628. The van der Waals surface area contributed by atoms with Gasteiger partial charge in [0.2, 0.25) is 15.9 Å². The third kappa shape index (κ3) is 4.89. The number of hydrogen-bond donors (Lipinski definition) is 1. The van der Waals surface area contributed by atoms with E-state index >= 15 is 0 Å². The zero-order valence-electron chi connectivity index (χ0n) is 15.1. The minimum Gasteiger partial charge on any atom is -0.497 e. The summed E-state index contributed by atoms with van der Waals surface area (Å²) in [6.45, 7) is 1.53. The van der Waals surface area contributed by atoms with Crippen molar-refractivity contribution in [1.29, 1.82) is 0 Å². The van der Waals surface area contributed by atoms with E-state index in [1.807, 2.05) is 13.0 Å². The van der Waals surface area contributed by atoms with Crippen LogP contribution < -0.4 is 19.1 Å². The quantitative estimate of drug-likeness (QED) is 0.800. The number of methoxy groups -OCH3 is 2. The first-order valence-electron chi connectivity index (χ1n) is 7.81. The molecular weight excluding hydrogens is 356 g/mol. The second-order valence-electron chi connectivity index (χ2n) is 5.72. The lowest BCUT2D eigenvalue weighted by Gasteiger charge is -2.22. The normalized spacial score (nSPS) is 10.9. The Balaban J connectivity index is 2.23. The van der Waals surface area contributed by atoms with Gasteiger partial charge in [-0.1, -0.05) is 6.07 Å². The fraction of sp³-hybridized carbons (Fsp3) is 0.278. The van der Waals surface area contributed by atoms with Crippen molar-refractivity contribution in [3.05, 3.63) is 48.0 Å². The number of benzene rings is 2. The van der Waals surface area contributed by atoms with Crippen molar-refractivity contribution in [2.45, 2.75) is 6.92 Å². The van der Waals surface area contributed by atoms with Crippen LogP contribution in [0.3, 0.4) is 0 Å². The van der Waals surface area contributed by atoms with Gasteiger partial charge in [-0.25, -0.2) is 8.42 Å². The fourth-order valence-electron chi connectivity index (χ4n) is 2.39. The third-order valence-electron chi connectivity index (χ3n) is 3.68. The molecule has 0 aliphatic carbocycles. The summed E-state index contributed by atoms with van der Waals surface area (Å²) in [6.07, 6.45) is 1.05. The van der Waals surface area contributed by atoms with Crippen molar-refractivity contribution in [2.75, 3.05) is 36.6 Å². The van der Waals surface area contributed by atoms with Gasteiger partial charge < -0.3 is 14.8 Å². The number of aryl methyl sites for hydroxylation is 1. The van der Waals surface area contributed by atoms with Gasteiger partial charge in [-0.3, -0.25) is 9.10 Å². The first kappa shape index (κ1) is 19.6. The molecule has 0 bridgehead atoms. The molecule has 0 atom stereocenters. The minimum atomic E-state index is -3.65. The highest BCUT2D eigenvalue weighted by atomic mass is 32.2. The number of nitrogens with one attached hydrogen (secondary N) is 1. The molecule has 26 heavy (non-hydrogen) atoms. The molecular formula is C18H22N2O5S. The SMILES string of the molecule is COc1ccc(N(CC(=O)Nc2cc(C)ccc2OC)S(C)(=O)=O)cc1. The molecule has 2 rings (SSSR count). The summed E-state index contributed by atoms with van der Waals surface area (Å²) < 4.78 is 35.6. The van der Waals surface area contributed by atoms with Crippen LogP contribution in [0.15, 0.2) is 42.5 Å². The predicted octanol–water partition coefficient (Wildman–Crippen LogP) is 2.42. The van der Waals surface area contributed by atoms with Gasteiger partial charge in [0.05, 0.1) is 31.9 Å². The van der Waals surface area contributed by atoms with Crippen LogP contribution in [-0.4, -0.2) is 41.3 Å². The van der Waals surface area contributed by atoms with E-state index in [2.05, 4.69) is 5.32 Å². The van der Waals surface area contributed by atoms with Crippen LogP contribution in [0.4, 0.5) is 11.4 Å². The lowest BCUT2D eigenvalue weighted by atomic mass is 10.2. The van der Waals surface area contributed by atoms with Crippen molar-refractivity contribution in [3.63, 3.8) is 0 Å². The zero-order chi connectivity index (χ0) is 19.3. The largest absolute Gasteiger partial charge is 0.497 e. The summed E-state index contributed by atoms with van der Waals surface area (Å²) in [4.78, 5) is 12.4. The Morgan fingerprint density at radius 3 is 2.27 bits per heavy atom. The van der Waals surface area contributed by atoms with Crippen LogP contribution in [0.1, 0.15) is 5.56 Å².